The molecule has 33 heavy (non-hydrogen) atoms. The number of likely N-dealkylation sites (tertiary alicyclic amines) is 1. The largest absolute Gasteiger partial charge is 0.547 e. The number of carboxylic acid groups (broad SMARTS) is 1. The van der Waals surface area contributed by atoms with Gasteiger partial charge in [0.05, 0.1) is 32.0 Å². The third-order valence-corrected chi connectivity index (χ3v) is 6.75. The highest BCUT2D eigenvalue weighted by molar-refractivity contribution is 7.13. The van der Waals surface area contributed by atoms with Crippen LogP contribution in [-0.2, 0) is 17.8 Å². The zero-order chi connectivity index (χ0) is 23.8. The topological polar surface area (TPSA) is 170 Å². The first-order chi connectivity index (χ1) is 15.7. The fourth-order valence-electron chi connectivity index (χ4n) is 4.50. The zero-order valence-electron chi connectivity index (χ0n) is 18.0. The summed E-state index contributed by atoms with van der Waals surface area (Å²) in [6.45, 7) is 2.67. The second-order valence-electron chi connectivity index (χ2n) is 8.66. The van der Waals surface area contributed by atoms with Gasteiger partial charge in [0.15, 0.2) is 10.8 Å². The molecule has 1 aromatic heterocycles. The highest BCUT2D eigenvalue weighted by atomic mass is 32.1. The number of carboxylic acids is 1. The maximum absolute atomic E-state index is 12.7. The predicted octanol–water partition coefficient (Wildman–Crippen LogP) is -0.853. The quantitative estimate of drug-likeness (QED) is 0.138. The van der Waals surface area contributed by atoms with Gasteiger partial charge in [0.2, 0.25) is 0 Å². The molecule has 3 heterocycles. The number of hydrogen-bond donors (Lipinski definition) is 4. The summed E-state index contributed by atoms with van der Waals surface area (Å²) in [6.07, 6.45) is 2.35. The SMILES string of the molecule is C[N+]1(Cc2cc3c(c(C(=O)[O-])c2)OB(O)[C@@H](NC(=O)/C(=N\O)c2csc(N)n2)C3)CCCC1. The van der Waals surface area contributed by atoms with Crippen LogP contribution in [0.4, 0.5) is 5.13 Å². The van der Waals surface area contributed by atoms with E-state index >= 15 is 0 Å². The second kappa shape index (κ2) is 9.00. The number of anilines is 1. The van der Waals surface area contributed by atoms with E-state index < -0.39 is 24.9 Å². The molecular formula is C20H24BN5O6S. The lowest BCUT2D eigenvalue weighted by molar-refractivity contribution is -0.910. The molecule has 0 unspecified atom stereocenters. The van der Waals surface area contributed by atoms with Crippen molar-refractivity contribution in [3.8, 4) is 5.75 Å². The van der Waals surface area contributed by atoms with E-state index in [9.17, 15) is 24.9 Å². The van der Waals surface area contributed by atoms with Crippen molar-refractivity contribution in [2.75, 3.05) is 25.9 Å². The van der Waals surface area contributed by atoms with Crippen molar-refractivity contribution in [2.45, 2.75) is 31.7 Å². The number of nitrogens with zero attached hydrogens (tertiary/aromatic N) is 3. The molecule has 1 fully saturated rings. The van der Waals surface area contributed by atoms with E-state index in [0.717, 1.165) is 47.3 Å². The number of nitrogens with one attached hydrogen (secondary N) is 1. The fraction of sp³-hybridized carbons (Fsp3) is 0.400. The van der Waals surface area contributed by atoms with Gasteiger partial charge in [-0.05, 0) is 24.1 Å². The molecule has 2 aliphatic heterocycles. The predicted molar refractivity (Wildman–Crippen MR) is 119 cm³/mol. The van der Waals surface area contributed by atoms with Crippen LogP contribution in [0.25, 0.3) is 0 Å². The van der Waals surface area contributed by atoms with Crippen LogP contribution < -0.4 is 20.8 Å². The van der Waals surface area contributed by atoms with E-state index in [2.05, 4.69) is 22.5 Å². The van der Waals surface area contributed by atoms with Crippen molar-refractivity contribution in [1.29, 1.82) is 0 Å². The first-order valence-electron chi connectivity index (χ1n) is 10.5. The third-order valence-electron chi connectivity index (χ3n) is 6.07. The first kappa shape index (κ1) is 23.0. The van der Waals surface area contributed by atoms with E-state index in [1.165, 1.54) is 11.4 Å². The molecule has 4 rings (SSSR count). The highest BCUT2D eigenvalue weighted by Crippen LogP contribution is 2.33. The van der Waals surface area contributed by atoms with Crippen LogP contribution in [0, 0.1) is 0 Å². The van der Waals surface area contributed by atoms with Crippen LogP contribution in [0.15, 0.2) is 22.7 Å². The van der Waals surface area contributed by atoms with Crippen LogP contribution in [0.5, 0.6) is 5.75 Å². The van der Waals surface area contributed by atoms with Gasteiger partial charge >= 0.3 is 7.12 Å². The fourth-order valence-corrected chi connectivity index (χ4v) is 5.04. The third kappa shape index (κ3) is 4.79. The van der Waals surface area contributed by atoms with Crippen molar-refractivity contribution >= 4 is 41.2 Å². The summed E-state index contributed by atoms with van der Waals surface area (Å²) in [5.74, 6) is -3.07. The Morgan fingerprint density at radius 1 is 1.42 bits per heavy atom. The van der Waals surface area contributed by atoms with Crippen LogP contribution in [0.3, 0.4) is 0 Å². The molecule has 2 aromatic rings. The number of quaternary nitrogens is 1. The number of nitrogen functional groups attached to an aromatic ring is 1. The smallest absolute Gasteiger partial charge is 0.545 e. The molecule has 1 amide bonds. The number of fused-ring (bicyclic) bond motifs is 1. The normalized spacial score (nSPS) is 19.6. The number of thiazole rings is 1. The number of benzene rings is 1. The molecule has 1 aromatic carbocycles. The molecule has 11 nitrogen and oxygen atoms in total. The van der Waals surface area contributed by atoms with Gasteiger partial charge in [0.1, 0.15) is 18.0 Å². The number of hydrogen-bond acceptors (Lipinski definition) is 10. The lowest BCUT2D eigenvalue weighted by Crippen LogP contribution is -2.54. The van der Waals surface area contributed by atoms with Gasteiger partial charge in [-0.2, -0.15) is 0 Å². The van der Waals surface area contributed by atoms with E-state index in [1.54, 1.807) is 0 Å². The molecule has 0 saturated carbocycles. The Hall–Kier alpha value is -3.16. The molecule has 0 aliphatic carbocycles. The van der Waals surface area contributed by atoms with E-state index in [4.69, 9.17) is 10.4 Å². The number of aromatic nitrogens is 1. The monoisotopic (exact) mass is 473 g/mol. The maximum Gasteiger partial charge on any atom is 0.547 e. The lowest BCUT2D eigenvalue weighted by atomic mass is 9.72. The Labute approximate surface area is 194 Å². The van der Waals surface area contributed by atoms with Gasteiger partial charge in [0, 0.05) is 29.3 Å². The molecule has 5 N–H and O–H groups in total. The summed E-state index contributed by atoms with van der Waals surface area (Å²) in [5, 5.41) is 38.8. The lowest BCUT2D eigenvalue weighted by Gasteiger charge is -2.32. The molecule has 2 aliphatic rings. The van der Waals surface area contributed by atoms with Gasteiger partial charge in [-0.1, -0.05) is 5.16 Å². The Balaban J connectivity index is 1.58. The summed E-state index contributed by atoms with van der Waals surface area (Å²) in [5.41, 5.74) is 6.52. The Bertz CT molecular complexity index is 1120. The standard InChI is InChI=1S/C20H24BN5O6S/c1-26(4-2-3-5-26)9-11-6-12-8-15(21(30)32-17(12)13(7-11)19(28)29)24-18(27)16(25-31)14-10-33-20(22)23-14/h6-7,10,15,30H,2-5,8-9H2,1H3,(H4-,22,23,24,27,28,29,31)/t15-/m0/s1. The number of rotatable bonds is 6. The average molecular weight is 473 g/mol. The number of oxime groups is 1. The second-order valence-corrected chi connectivity index (χ2v) is 9.55. The summed E-state index contributed by atoms with van der Waals surface area (Å²) in [4.78, 5) is 28.4. The van der Waals surface area contributed by atoms with Crippen LogP contribution in [0.2, 0.25) is 0 Å². The van der Waals surface area contributed by atoms with Crippen LogP contribution in [-0.4, -0.2) is 70.5 Å². The molecule has 1 atom stereocenters. The van der Waals surface area contributed by atoms with Crippen molar-refractivity contribution in [1.82, 2.24) is 10.3 Å². The minimum Gasteiger partial charge on any atom is -0.545 e. The van der Waals surface area contributed by atoms with Gasteiger partial charge in [-0.3, -0.25) is 4.79 Å². The number of amides is 1. The highest BCUT2D eigenvalue weighted by Gasteiger charge is 2.39. The molecule has 13 heteroatoms. The van der Waals surface area contributed by atoms with Crippen LogP contribution >= 0.6 is 11.3 Å². The van der Waals surface area contributed by atoms with Crippen molar-refractivity contribution in [2.24, 2.45) is 5.16 Å². The molecular weight excluding hydrogens is 449 g/mol. The molecule has 1 saturated heterocycles. The van der Waals surface area contributed by atoms with Gasteiger partial charge in [0.25, 0.3) is 5.91 Å². The number of carbonyl (C=O) groups is 2. The minimum absolute atomic E-state index is 0.0316. The summed E-state index contributed by atoms with van der Waals surface area (Å²) >= 11 is 1.08. The van der Waals surface area contributed by atoms with Crippen molar-refractivity contribution < 1.29 is 34.1 Å². The van der Waals surface area contributed by atoms with Gasteiger partial charge < -0.3 is 40.3 Å². The van der Waals surface area contributed by atoms with E-state index in [1.807, 2.05) is 6.07 Å². The summed E-state index contributed by atoms with van der Waals surface area (Å²) < 4.78 is 6.30. The summed E-state index contributed by atoms with van der Waals surface area (Å²) in [6, 6.07) is 3.38. The Morgan fingerprint density at radius 3 is 2.76 bits per heavy atom. The molecule has 0 radical (unpaired) electrons. The molecule has 174 valence electrons. The Kier molecular flexibility index (Phi) is 6.28. The van der Waals surface area contributed by atoms with Gasteiger partial charge in [-0.25, -0.2) is 4.98 Å². The Morgan fingerprint density at radius 2 is 2.15 bits per heavy atom. The average Bonchev–Trinajstić information content (AvgIpc) is 3.37. The van der Waals surface area contributed by atoms with Crippen LogP contribution in [0.1, 0.15) is 40.0 Å². The van der Waals surface area contributed by atoms with Crippen molar-refractivity contribution in [3.63, 3.8) is 0 Å². The summed E-state index contributed by atoms with van der Waals surface area (Å²) in [7, 11) is 0.615. The molecule has 0 bridgehead atoms. The number of aromatic carboxylic acids is 1. The number of carbonyl (C=O) groups excluding carboxylic acids is 2. The number of nitrogens with two attached hydrogens (primary N) is 1. The zero-order valence-corrected chi connectivity index (χ0v) is 18.8. The van der Waals surface area contributed by atoms with Gasteiger partial charge in [-0.15, -0.1) is 11.3 Å². The first-order valence-corrected chi connectivity index (χ1v) is 11.4. The van der Waals surface area contributed by atoms with E-state index in [0.29, 0.717) is 12.1 Å². The molecule has 0 spiro atoms. The minimum atomic E-state index is -1.52. The van der Waals surface area contributed by atoms with Crippen molar-refractivity contribution in [3.05, 3.63) is 39.9 Å². The van der Waals surface area contributed by atoms with E-state index in [-0.39, 0.29) is 34.3 Å². The maximum atomic E-state index is 12.7.